The number of aromatic nitrogens is 4. The van der Waals surface area contributed by atoms with Gasteiger partial charge in [-0.15, -0.1) is 0 Å². The first-order chi connectivity index (χ1) is 43.0. The van der Waals surface area contributed by atoms with Gasteiger partial charge in [-0.2, -0.15) is 0 Å². The molecule has 91 heavy (non-hydrogen) atoms. The number of carbonyl (C=O) groups excluding carboxylic acids is 11. The van der Waals surface area contributed by atoms with Crippen LogP contribution >= 0.6 is 0 Å². The number of carboxylic acids is 1. The van der Waals surface area contributed by atoms with Crippen molar-refractivity contribution in [2.75, 3.05) is 31.9 Å². The lowest BCUT2D eigenvalue weighted by atomic mass is 10.0. The maximum Gasteiger partial charge on any atom is 0.326 e. The summed E-state index contributed by atoms with van der Waals surface area (Å²) in [4.78, 5) is 172. The molecule has 1 aliphatic rings. The Morgan fingerprint density at radius 3 is 1.75 bits per heavy atom. The predicted octanol–water partition coefficient (Wildman–Crippen LogP) is -8.46. The van der Waals surface area contributed by atoms with E-state index in [1.807, 2.05) is 0 Å². The number of fused-ring (bicyclic) bond motifs is 1. The number of carbonyl (C=O) groups is 12. The molecule has 0 bridgehead atoms. The number of aliphatic imine (C=N–C) groups is 1. The van der Waals surface area contributed by atoms with Crippen molar-refractivity contribution in [3.05, 3.63) is 12.7 Å². The molecule has 0 spiro atoms. The molecule has 2 aromatic heterocycles. The van der Waals surface area contributed by atoms with Crippen LogP contribution < -0.4 is 88.0 Å². The fourth-order valence-electron chi connectivity index (χ4n) is 9.00. The van der Waals surface area contributed by atoms with Crippen LogP contribution in [-0.2, 0) is 62.3 Å². The number of nitrogens with two attached hydrogens (primary N) is 7. The Bertz CT molecular complexity index is 2860. The molecule has 38 nitrogen and oxygen atoms in total. The summed E-state index contributed by atoms with van der Waals surface area (Å²) in [5, 5.41) is 63.8. The number of aliphatic carboxylic acids is 1. The molecule has 3 heterocycles. The van der Waals surface area contributed by atoms with Crippen LogP contribution in [0, 0.1) is 0 Å². The van der Waals surface area contributed by atoms with E-state index in [4.69, 9.17) is 44.9 Å². The molecular weight excluding hydrogens is 1200 g/mol. The monoisotopic (exact) mass is 1290 g/mol. The lowest BCUT2D eigenvalue weighted by Gasteiger charge is -2.28. The zero-order valence-electron chi connectivity index (χ0n) is 51.0. The van der Waals surface area contributed by atoms with Crippen molar-refractivity contribution in [2.45, 2.75) is 196 Å². The molecule has 0 aromatic carbocycles. The van der Waals surface area contributed by atoms with E-state index in [9.17, 15) is 78.0 Å². The van der Waals surface area contributed by atoms with Crippen molar-refractivity contribution in [3.63, 3.8) is 0 Å². The largest absolute Gasteiger partial charge is 0.480 e. The fourth-order valence-corrected chi connectivity index (χ4v) is 9.00. The lowest BCUT2D eigenvalue weighted by molar-refractivity contribution is -0.143. The zero-order valence-corrected chi connectivity index (χ0v) is 51.0. The molecule has 0 aliphatic carbocycles. The second-order valence-electron chi connectivity index (χ2n) is 21.8. The van der Waals surface area contributed by atoms with Gasteiger partial charge in [0.25, 0.3) is 5.91 Å². The van der Waals surface area contributed by atoms with Crippen LogP contribution in [0.4, 0.5) is 5.82 Å². The number of guanidine groups is 1. The number of aliphatic hydroxyl groups is 3. The van der Waals surface area contributed by atoms with E-state index in [-0.39, 0.29) is 107 Å². The van der Waals surface area contributed by atoms with Crippen LogP contribution in [0.3, 0.4) is 0 Å². The first-order valence-corrected chi connectivity index (χ1v) is 29.6. The van der Waals surface area contributed by atoms with Crippen molar-refractivity contribution >= 4 is 93.9 Å². The number of ether oxygens (including phenoxy) is 1. The Balaban J connectivity index is 1.67. The minimum absolute atomic E-state index is 0.0438. The number of hydrogen-bond acceptors (Lipinski definition) is 23. The first-order valence-electron chi connectivity index (χ1n) is 29.6. The third-order valence-electron chi connectivity index (χ3n) is 14.2. The van der Waals surface area contributed by atoms with E-state index < -0.39 is 169 Å². The highest BCUT2D eigenvalue weighted by molar-refractivity contribution is 5.98. The number of hydrogen-bond donors (Lipinski definition) is 20. The Morgan fingerprint density at radius 2 is 1.19 bits per heavy atom. The van der Waals surface area contributed by atoms with E-state index in [1.165, 1.54) is 31.1 Å². The van der Waals surface area contributed by atoms with E-state index in [0.717, 1.165) is 6.92 Å². The SMILES string of the molecule is C[C@H](N)C(=O)N[C@@H](CCCN=C(N)N)C(=O)N[C@@H](CCCCNC(=O)C[C@@H](NC(=O)CCCCCNC(=O)[C@H]1O[C@@H](n2cnc3c(N)ncnc32)[C@H](O)[C@@H]1O)C(=O)O)C(=O)N[C@@H](CCCCN)C(=O)N[C@@H](CCC(N)=O)C(=O)N[C@H](C(=O)N[C@@H](C)C(N)=O)[C@@H](C)O. The van der Waals surface area contributed by atoms with Crippen molar-refractivity contribution in [2.24, 2.45) is 39.4 Å². The molecule has 11 amide bonds. The van der Waals surface area contributed by atoms with Crippen molar-refractivity contribution in [1.82, 2.24) is 67.4 Å². The van der Waals surface area contributed by atoms with Crippen molar-refractivity contribution in [3.8, 4) is 0 Å². The van der Waals surface area contributed by atoms with Crippen LogP contribution in [0.25, 0.3) is 11.2 Å². The Labute approximate surface area is 522 Å². The number of amides is 11. The summed E-state index contributed by atoms with van der Waals surface area (Å²) in [5.74, 6) is -11.3. The van der Waals surface area contributed by atoms with Gasteiger partial charge in [0.15, 0.2) is 29.8 Å². The number of nitrogen functional groups attached to an aromatic ring is 1. The molecule has 3 rings (SSSR count). The molecule has 0 saturated carbocycles. The smallest absolute Gasteiger partial charge is 0.326 e. The van der Waals surface area contributed by atoms with Gasteiger partial charge in [-0.05, 0) is 97.9 Å². The van der Waals surface area contributed by atoms with Crippen LogP contribution in [0.5, 0.6) is 0 Å². The van der Waals surface area contributed by atoms with Gasteiger partial charge in [-0.1, -0.05) is 6.42 Å². The summed E-state index contributed by atoms with van der Waals surface area (Å²) < 4.78 is 7.01. The molecule has 1 fully saturated rings. The molecule has 0 unspecified atom stereocenters. The minimum atomic E-state index is -1.70. The van der Waals surface area contributed by atoms with E-state index in [1.54, 1.807) is 0 Å². The van der Waals surface area contributed by atoms with Gasteiger partial charge < -0.3 is 113 Å². The normalized spacial score (nSPS) is 18.2. The Morgan fingerprint density at radius 1 is 0.626 bits per heavy atom. The van der Waals surface area contributed by atoms with Crippen LogP contribution in [0.2, 0.25) is 0 Å². The molecule has 1 saturated heterocycles. The Hall–Kier alpha value is -8.98. The third kappa shape index (κ3) is 25.8. The third-order valence-corrected chi connectivity index (χ3v) is 14.2. The van der Waals surface area contributed by atoms with E-state index in [2.05, 4.69) is 67.8 Å². The number of primary amides is 2. The van der Waals surface area contributed by atoms with E-state index in [0.29, 0.717) is 19.3 Å². The van der Waals surface area contributed by atoms with Gasteiger partial charge in [0, 0.05) is 32.5 Å². The number of nitrogens with zero attached hydrogens (tertiary/aromatic N) is 5. The van der Waals surface area contributed by atoms with Gasteiger partial charge in [-0.25, -0.2) is 19.7 Å². The summed E-state index contributed by atoms with van der Waals surface area (Å²) in [7, 11) is 0. The summed E-state index contributed by atoms with van der Waals surface area (Å²) >= 11 is 0. The number of unbranched alkanes of at least 4 members (excludes halogenated alkanes) is 4. The van der Waals surface area contributed by atoms with Crippen LogP contribution in [-0.4, -0.2) is 216 Å². The molecular formula is C53H89N21O17. The molecule has 2 aromatic rings. The first kappa shape index (κ1) is 76.3. The predicted molar refractivity (Wildman–Crippen MR) is 321 cm³/mol. The lowest BCUT2D eigenvalue weighted by Crippen LogP contribution is -2.61. The number of imidazole rings is 1. The van der Waals surface area contributed by atoms with Gasteiger partial charge in [0.1, 0.15) is 66.3 Å². The van der Waals surface area contributed by atoms with Crippen molar-refractivity contribution in [1.29, 1.82) is 0 Å². The zero-order chi connectivity index (χ0) is 68.1. The quantitative estimate of drug-likeness (QED) is 0.0167. The molecule has 508 valence electrons. The number of aliphatic hydroxyl groups excluding tert-OH is 3. The van der Waals surface area contributed by atoms with E-state index >= 15 is 0 Å². The number of nitrogens with one attached hydrogen (secondary N) is 9. The summed E-state index contributed by atoms with van der Waals surface area (Å²) in [6, 6.07) is -11.5. The van der Waals surface area contributed by atoms with Gasteiger partial charge in [0.05, 0.1) is 24.9 Å². The highest BCUT2D eigenvalue weighted by Gasteiger charge is 2.48. The standard InChI is InChI=1S/C53H89N21O17/c1-25(55)44(82)69-30(14-11-21-63-53(59)60)47(85)71-29(45(83)70-28(12-6-8-18-54)46(84)72-31(16-17-33(56)76)48(86)73-36(27(3)75)49(87)67-26(2)42(58)81)13-7-10-19-61-35(78)22-32(52(89)90)68-34(77)15-5-4-9-20-62-50(88)40-38(79)39(80)51(91-40)74-24-66-37-41(57)64-23-65-43(37)74/h23-32,36,38-40,51,75,79-80H,4-22,54-55H2,1-3H3,(H2,56,76)(H2,58,81)(H,61,78)(H,62,88)(H,67,87)(H,68,77)(H,69,82)(H,70,83)(H,71,85)(H,72,84)(H,73,86)(H,89,90)(H2,57,64,65)(H4,59,60,63)/t25-,26-,27+,28-,29-,30-,31-,32+,36-,38-,39+,40-,51+/m0/s1. The Kier molecular flexibility index (Phi) is 32.3. The highest BCUT2D eigenvalue weighted by atomic mass is 16.6. The van der Waals surface area contributed by atoms with Gasteiger partial charge in [0.2, 0.25) is 59.1 Å². The maximum absolute atomic E-state index is 14.4. The summed E-state index contributed by atoms with van der Waals surface area (Å²) in [6.07, 6.45) is -5.12. The van der Waals surface area contributed by atoms with Crippen LogP contribution in [0.1, 0.15) is 123 Å². The average Bonchev–Trinajstić information content (AvgIpc) is 1.63. The minimum Gasteiger partial charge on any atom is -0.480 e. The number of carboxylic acid groups (broad SMARTS) is 1. The summed E-state index contributed by atoms with van der Waals surface area (Å²) in [6.45, 7) is 3.97. The van der Waals surface area contributed by atoms with Crippen molar-refractivity contribution < 1.29 is 82.7 Å². The molecule has 1 aliphatic heterocycles. The van der Waals surface area contributed by atoms with Crippen LogP contribution in [0.15, 0.2) is 17.6 Å². The van der Waals surface area contributed by atoms with Gasteiger partial charge >= 0.3 is 5.97 Å². The number of rotatable bonds is 42. The van der Waals surface area contributed by atoms with Gasteiger partial charge in [-0.3, -0.25) is 62.3 Å². The molecule has 27 N–H and O–H groups in total. The average molecular weight is 1290 g/mol. The highest BCUT2D eigenvalue weighted by Crippen LogP contribution is 2.32. The summed E-state index contributed by atoms with van der Waals surface area (Å²) in [5.41, 5.74) is 39.3. The number of anilines is 1. The maximum atomic E-state index is 14.4. The fraction of sp³-hybridized carbons (Fsp3) is 0.660. The molecule has 0 radical (unpaired) electrons. The molecule has 13 atom stereocenters. The second-order valence-corrected chi connectivity index (χ2v) is 21.8. The topological polar surface area (TPSA) is 641 Å². The second kappa shape index (κ2) is 38.5. The molecule has 38 heteroatoms.